The van der Waals surface area contributed by atoms with E-state index in [1.807, 2.05) is 53.3 Å². The Balaban J connectivity index is 1.54. The molecular weight excluding hydrogens is 314 g/mol. The van der Waals surface area contributed by atoms with Gasteiger partial charge >= 0.3 is 0 Å². The fourth-order valence-electron chi connectivity index (χ4n) is 3.17. The Morgan fingerprint density at radius 1 is 1.08 bits per heavy atom. The lowest BCUT2D eigenvalue weighted by atomic mass is 9.93. The summed E-state index contributed by atoms with van der Waals surface area (Å²) in [7, 11) is 0. The second-order valence-corrected chi connectivity index (χ2v) is 6.44. The number of nitrogens with zero attached hydrogens (tertiary/aromatic N) is 4. The lowest BCUT2D eigenvalue weighted by Gasteiger charge is -2.26. The summed E-state index contributed by atoms with van der Waals surface area (Å²) in [5, 5.41) is 17.8. The first kappa shape index (κ1) is 15.8. The Hall–Kier alpha value is -2.73. The van der Waals surface area contributed by atoms with Crippen LogP contribution in [-0.2, 0) is 0 Å². The fraction of sp³-hybridized carbons (Fsp3) is 0.316. The van der Waals surface area contributed by atoms with E-state index < -0.39 is 0 Å². The highest BCUT2D eigenvalue weighted by Crippen LogP contribution is 2.21. The molecule has 2 N–H and O–H groups in total. The van der Waals surface area contributed by atoms with Gasteiger partial charge in [-0.05, 0) is 55.5 Å². The lowest BCUT2D eigenvalue weighted by molar-refractivity contribution is 0.126. The topological polar surface area (TPSA) is 75.3 Å². The lowest BCUT2D eigenvalue weighted by Crippen LogP contribution is -2.28. The van der Waals surface area contributed by atoms with Gasteiger partial charge in [0, 0.05) is 18.4 Å². The highest BCUT2D eigenvalue weighted by molar-refractivity contribution is 5.68. The molecule has 0 spiro atoms. The molecule has 0 bridgehead atoms. The van der Waals surface area contributed by atoms with Gasteiger partial charge in [0.2, 0.25) is 0 Å². The summed E-state index contributed by atoms with van der Waals surface area (Å²) in [6.45, 7) is 0. The molecule has 1 aliphatic rings. The van der Waals surface area contributed by atoms with E-state index in [4.69, 9.17) is 0 Å². The molecule has 0 aliphatic heterocycles. The van der Waals surface area contributed by atoms with Crippen molar-refractivity contribution in [1.82, 2.24) is 19.6 Å². The molecule has 0 atom stereocenters. The van der Waals surface area contributed by atoms with Crippen molar-refractivity contribution in [3.05, 3.63) is 54.1 Å². The fourth-order valence-corrected chi connectivity index (χ4v) is 3.17. The van der Waals surface area contributed by atoms with Crippen LogP contribution in [0.4, 0.5) is 5.82 Å². The van der Waals surface area contributed by atoms with Crippen LogP contribution in [0.15, 0.2) is 42.9 Å². The van der Waals surface area contributed by atoms with Gasteiger partial charge in [0.05, 0.1) is 18.0 Å². The van der Waals surface area contributed by atoms with E-state index in [9.17, 15) is 5.11 Å². The van der Waals surface area contributed by atoms with Crippen molar-refractivity contribution >= 4 is 23.6 Å². The molecule has 3 aromatic heterocycles. The molecule has 1 fully saturated rings. The van der Waals surface area contributed by atoms with Crippen molar-refractivity contribution in [2.75, 3.05) is 5.32 Å². The van der Waals surface area contributed by atoms with E-state index >= 15 is 0 Å². The van der Waals surface area contributed by atoms with Gasteiger partial charge in [0.25, 0.3) is 0 Å². The van der Waals surface area contributed by atoms with Crippen LogP contribution in [0.3, 0.4) is 0 Å². The number of aliphatic hydroxyl groups excluding tert-OH is 1. The maximum Gasteiger partial charge on any atom is 0.154 e. The number of nitrogens with one attached hydrogen (secondary N) is 1. The van der Waals surface area contributed by atoms with Crippen LogP contribution in [0.1, 0.15) is 36.9 Å². The Bertz CT molecular complexity index is 866. The number of aliphatic hydroxyl groups is 1. The zero-order valence-electron chi connectivity index (χ0n) is 13.9. The number of hydrogen-bond donors (Lipinski definition) is 2. The van der Waals surface area contributed by atoms with Crippen molar-refractivity contribution in [3.8, 4) is 0 Å². The molecule has 6 nitrogen and oxygen atoms in total. The molecule has 0 aromatic carbocycles. The van der Waals surface area contributed by atoms with Crippen molar-refractivity contribution in [2.45, 2.75) is 37.8 Å². The first-order valence-corrected chi connectivity index (χ1v) is 8.65. The predicted molar refractivity (Wildman–Crippen MR) is 98.0 cm³/mol. The maximum atomic E-state index is 9.63. The van der Waals surface area contributed by atoms with Crippen LogP contribution in [-0.4, -0.2) is 36.8 Å². The normalized spacial score (nSPS) is 21.0. The number of imidazole rings is 1. The molecule has 3 heterocycles. The van der Waals surface area contributed by atoms with Crippen LogP contribution >= 0.6 is 0 Å². The minimum Gasteiger partial charge on any atom is -0.393 e. The molecule has 1 saturated carbocycles. The Morgan fingerprint density at radius 2 is 1.96 bits per heavy atom. The molecule has 128 valence electrons. The minimum atomic E-state index is -0.147. The third-order valence-corrected chi connectivity index (χ3v) is 4.57. The number of anilines is 1. The summed E-state index contributed by atoms with van der Waals surface area (Å²) in [4.78, 5) is 8.52. The highest BCUT2D eigenvalue weighted by Gasteiger charge is 2.19. The second kappa shape index (κ2) is 7.03. The van der Waals surface area contributed by atoms with Crippen LogP contribution in [0.5, 0.6) is 0 Å². The molecule has 25 heavy (non-hydrogen) atoms. The maximum absolute atomic E-state index is 9.63. The Morgan fingerprint density at radius 3 is 2.76 bits per heavy atom. The molecule has 6 heteroatoms. The largest absolute Gasteiger partial charge is 0.393 e. The van der Waals surface area contributed by atoms with Gasteiger partial charge in [0.1, 0.15) is 5.82 Å². The smallest absolute Gasteiger partial charge is 0.154 e. The van der Waals surface area contributed by atoms with Gasteiger partial charge in [-0.2, -0.15) is 0 Å². The van der Waals surface area contributed by atoms with Gasteiger partial charge in [-0.25, -0.2) is 9.50 Å². The zero-order valence-corrected chi connectivity index (χ0v) is 13.9. The molecular formula is C19H21N5O. The van der Waals surface area contributed by atoms with E-state index in [2.05, 4.69) is 20.4 Å². The summed E-state index contributed by atoms with van der Waals surface area (Å²) in [6, 6.07) is 8.21. The van der Waals surface area contributed by atoms with E-state index in [1.54, 1.807) is 6.20 Å². The van der Waals surface area contributed by atoms with Crippen molar-refractivity contribution in [1.29, 1.82) is 0 Å². The van der Waals surface area contributed by atoms with Gasteiger partial charge in [0.15, 0.2) is 5.65 Å². The van der Waals surface area contributed by atoms with E-state index in [1.165, 1.54) is 0 Å². The van der Waals surface area contributed by atoms with Crippen molar-refractivity contribution in [3.63, 3.8) is 0 Å². The SMILES string of the molecule is OC1CCC(Nc2ccc3ncc(C=Cc4cccnc4)n3n2)CC1. The van der Waals surface area contributed by atoms with Gasteiger partial charge in [-0.1, -0.05) is 12.1 Å². The average Bonchev–Trinajstić information content (AvgIpc) is 3.05. The first-order chi connectivity index (χ1) is 12.3. The predicted octanol–water partition coefficient (Wildman–Crippen LogP) is 3.01. The standard InChI is InChI=1S/C19H21N5O/c25-17-7-4-15(5-8-17)22-18-9-10-19-21-13-16(24(19)23-18)6-3-14-2-1-11-20-12-14/h1-3,6,9-13,15,17,25H,4-5,7-8H2,(H,22,23). The summed E-state index contributed by atoms with van der Waals surface area (Å²) >= 11 is 0. The Kier molecular flexibility index (Phi) is 4.43. The number of pyridine rings is 1. The minimum absolute atomic E-state index is 0.147. The summed E-state index contributed by atoms with van der Waals surface area (Å²) in [6.07, 6.45) is 12.9. The van der Waals surface area contributed by atoms with E-state index in [0.29, 0.717) is 6.04 Å². The molecule has 1 aliphatic carbocycles. The molecule has 0 amide bonds. The van der Waals surface area contributed by atoms with Crippen molar-refractivity contribution in [2.24, 2.45) is 0 Å². The van der Waals surface area contributed by atoms with Crippen molar-refractivity contribution < 1.29 is 5.11 Å². The number of fused-ring (bicyclic) bond motifs is 1. The highest BCUT2D eigenvalue weighted by atomic mass is 16.3. The van der Waals surface area contributed by atoms with Gasteiger partial charge in [-0.3, -0.25) is 4.98 Å². The second-order valence-electron chi connectivity index (χ2n) is 6.44. The molecule has 0 unspecified atom stereocenters. The number of hydrogen-bond acceptors (Lipinski definition) is 5. The molecule has 0 saturated heterocycles. The summed E-state index contributed by atoms with van der Waals surface area (Å²) in [5.74, 6) is 0.836. The third kappa shape index (κ3) is 3.69. The van der Waals surface area contributed by atoms with E-state index in [0.717, 1.165) is 48.4 Å². The van der Waals surface area contributed by atoms with Crippen LogP contribution in [0, 0.1) is 0 Å². The summed E-state index contributed by atoms with van der Waals surface area (Å²) in [5.41, 5.74) is 2.77. The monoisotopic (exact) mass is 335 g/mol. The third-order valence-electron chi connectivity index (χ3n) is 4.57. The molecule has 4 rings (SSSR count). The van der Waals surface area contributed by atoms with Crippen LogP contribution in [0.2, 0.25) is 0 Å². The zero-order chi connectivity index (χ0) is 17.1. The quantitative estimate of drug-likeness (QED) is 0.766. The molecule has 3 aromatic rings. The average molecular weight is 335 g/mol. The number of aromatic nitrogens is 4. The van der Waals surface area contributed by atoms with Crippen LogP contribution < -0.4 is 5.32 Å². The summed E-state index contributed by atoms with van der Waals surface area (Å²) < 4.78 is 1.84. The Labute approximate surface area is 146 Å². The van der Waals surface area contributed by atoms with Gasteiger partial charge < -0.3 is 10.4 Å². The van der Waals surface area contributed by atoms with Crippen LogP contribution in [0.25, 0.3) is 17.8 Å². The molecule has 0 radical (unpaired) electrons. The van der Waals surface area contributed by atoms with Gasteiger partial charge in [-0.15, -0.1) is 5.10 Å². The number of rotatable bonds is 4. The van der Waals surface area contributed by atoms with E-state index in [-0.39, 0.29) is 6.10 Å². The first-order valence-electron chi connectivity index (χ1n) is 8.65.